The Labute approximate surface area is 198 Å². The third kappa shape index (κ3) is 5.44. The molecule has 5 nitrogen and oxygen atoms in total. The second-order valence-electron chi connectivity index (χ2n) is 7.83. The topological polar surface area (TPSA) is 58.6 Å². The Balaban J connectivity index is 1.57. The number of benzene rings is 3. The van der Waals surface area contributed by atoms with E-state index in [2.05, 4.69) is 12.2 Å². The van der Waals surface area contributed by atoms with Gasteiger partial charge in [-0.1, -0.05) is 61.3 Å². The number of carbonyl (C=O) groups is 2. The lowest BCUT2D eigenvalue weighted by Gasteiger charge is -2.30. The van der Waals surface area contributed by atoms with Crippen LogP contribution in [0.5, 0.6) is 5.75 Å². The highest BCUT2D eigenvalue weighted by Crippen LogP contribution is 2.36. The average Bonchev–Trinajstić information content (AvgIpc) is 2.83. The Morgan fingerprint density at radius 2 is 1.76 bits per heavy atom. The van der Waals surface area contributed by atoms with Crippen molar-refractivity contribution in [1.29, 1.82) is 0 Å². The van der Waals surface area contributed by atoms with Crippen LogP contribution < -0.4 is 15.0 Å². The number of nitrogens with zero attached hydrogens (tertiary/aromatic N) is 1. The molecule has 3 aromatic rings. The van der Waals surface area contributed by atoms with Gasteiger partial charge in [0.1, 0.15) is 0 Å². The molecule has 4 rings (SSSR count). The Kier molecular flexibility index (Phi) is 7.10. The number of para-hydroxylation sites is 2. The van der Waals surface area contributed by atoms with Gasteiger partial charge in [-0.3, -0.25) is 14.5 Å². The molecule has 1 N–H and O–H groups in total. The molecule has 0 saturated heterocycles. The van der Waals surface area contributed by atoms with Crippen LogP contribution in [0.15, 0.2) is 78.6 Å². The second kappa shape index (κ2) is 10.4. The highest BCUT2D eigenvalue weighted by molar-refractivity contribution is 6.30. The van der Waals surface area contributed by atoms with Crippen LogP contribution in [0.1, 0.15) is 41.3 Å². The summed E-state index contributed by atoms with van der Waals surface area (Å²) in [5.41, 5.74) is 3.03. The van der Waals surface area contributed by atoms with E-state index in [0.717, 1.165) is 24.0 Å². The summed E-state index contributed by atoms with van der Waals surface area (Å²) in [7, 11) is 0. The number of amides is 2. The van der Waals surface area contributed by atoms with Crippen LogP contribution in [-0.2, 0) is 11.3 Å². The quantitative estimate of drug-likeness (QED) is 0.356. The smallest absolute Gasteiger partial charge is 0.294 e. The summed E-state index contributed by atoms with van der Waals surface area (Å²) in [5, 5.41) is 3.55. The largest absolute Gasteiger partial charge is 0.449 e. The maximum absolute atomic E-state index is 13.3. The summed E-state index contributed by atoms with van der Waals surface area (Å²) in [4.78, 5) is 27.3. The van der Waals surface area contributed by atoms with Gasteiger partial charge in [0, 0.05) is 17.1 Å². The number of rotatable bonds is 7. The first-order chi connectivity index (χ1) is 16.0. The van der Waals surface area contributed by atoms with E-state index in [1.807, 2.05) is 60.7 Å². The van der Waals surface area contributed by atoms with Crippen molar-refractivity contribution in [1.82, 2.24) is 5.32 Å². The van der Waals surface area contributed by atoms with Crippen molar-refractivity contribution >= 4 is 35.2 Å². The monoisotopic (exact) mass is 460 g/mol. The fourth-order valence-electron chi connectivity index (χ4n) is 3.55. The van der Waals surface area contributed by atoms with Gasteiger partial charge < -0.3 is 10.1 Å². The summed E-state index contributed by atoms with van der Waals surface area (Å²) < 4.78 is 5.95. The highest BCUT2D eigenvalue weighted by atomic mass is 35.5. The van der Waals surface area contributed by atoms with Crippen LogP contribution in [-0.4, -0.2) is 18.4 Å². The minimum absolute atomic E-state index is 0.101. The zero-order valence-electron chi connectivity index (χ0n) is 18.4. The molecule has 1 aliphatic heterocycles. The van der Waals surface area contributed by atoms with Crippen LogP contribution in [0.25, 0.3) is 6.08 Å². The number of unbranched alkanes of at least 4 members (excludes halogenated alkanes) is 1. The van der Waals surface area contributed by atoms with Crippen molar-refractivity contribution in [2.24, 2.45) is 0 Å². The number of hydrogen-bond acceptors (Lipinski definition) is 3. The van der Waals surface area contributed by atoms with Gasteiger partial charge in [-0.15, -0.1) is 0 Å². The van der Waals surface area contributed by atoms with E-state index >= 15 is 0 Å². The molecule has 33 heavy (non-hydrogen) atoms. The number of halogens is 1. The molecular weight excluding hydrogens is 436 g/mol. The molecule has 0 bridgehead atoms. The molecule has 0 atom stereocenters. The maximum Gasteiger partial charge on any atom is 0.294 e. The van der Waals surface area contributed by atoms with Crippen molar-refractivity contribution in [2.75, 3.05) is 11.4 Å². The Bertz CT molecular complexity index is 1170. The third-order valence-electron chi connectivity index (χ3n) is 5.37. The van der Waals surface area contributed by atoms with Crippen molar-refractivity contribution in [3.63, 3.8) is 0 Å². The molecule has 0 radical (unpaired) electrons. The number of carbonyl (C=O) groups excluding carboxylic acids is 2. The van der Waals surface area contributed by atoms with Gasteiger partial charge in [0.25, 0.3) is 11.8 Å². The van der Waals surface area contributed by atoms with Gasteiger partial charge in [0.15, 0.2) is 11.5 Å². The molecule has 0 saturated carbocycles. The van der Waals surface area contributed by atoms with Crippen molar-refractivity contribution in [3.8, 4) is 5.75 Å². The predicted molar refractivity (Wildman–Crippen MR) is 131 cm³/mol. The van der Waals surface area contributed by atoms with Gasteiger partial charge in [-0.25, -0.2) is 0 Å². The number of nitrogens with one attached hydrogen (secondary N) is 1. The molecule has 0 unspecified atom stereocenters. The van der Waals surface area contributed by atoms with Gasteiger partial charge in [0.2, 0.25) is 0 Å². The average molecular weight is 461 g/mol. The molecular formula is C27H25ClN2O3. The van der Waals surface area contributed by atoms with Crippen molar-refractivity contribution < 1.29 is 14.3 Å². The molecule has 6 heteroatoms. The van der Waals surface area contributed by atoms with Crippen LogP contribution in [0.4, 0.5) is 5.69 Å². The normalized spacial score (nSPS) is 14.1. The summed E-state index contributed by atoms with van der Waals surface area (Å²) in [5.74, 6) is 0.507. The molecule has 0 spiro atoms. The lowest BCUT2D eigenvalue weighted by molar-refractivity contribution is -0.117. The molecule has 2 amide bonds. The number of hydrogen-bond donors (Lipinski definition) is 1. The lowest BCUT2D eigenvalue weighted by atomic mass is 10.1. The summed E-state index contributed by atoms with van der Waals surface area (Å²) in [6.45, 7) is 3.13. The molecule has 1 aliphatic rings. The molecule has 0 fully saturated rings. The van der Waals surface area contributed by atoms with Crippen LogP contribution >= 0.6 is 11.6 Å². The third-order valence-corrected chi connectivity index (χ3v) is 5.62. The second-order valence-corrected chi connectivity index (χ2v) is 8.26. The Morgan fingerprint density at radius 1 is 1.03 bits per heavy atom. The van der Waals surface area contributed by atoms with Crippen LogP contribution in [0.2, 0.25) is 5.02 Å². The number of ether oxygens (including phenoxy) is 1. The van der Waals surface area contributed by atoms with E-state index < -0.39 is 0 Å². The highest BCUT2D eigenvalue weighted by Gasteiger charge is 2.30. The summed E-state index contributed by atoms with van der Waals surface area (Å²) >= 11 is 6.01. The zero-order chi connectivity index (χ0) is 23.2. The summed E-state index contributed by atoms with van der Waals surface area (Å²) in [6.07, 6.45) is 3.67. The standard InChI is InChI=1S/C27H25ClN2O3/c1-2-3-16-29-26(31)21-12-8-19(9-13-21)17-25-27(32)30(18-20-10-14-22(28)15-11-20)23-6-4-5-7-24(23)33-25/h4-15,17H,2-3,16,18H2,1H3,(H,29,31). The first-order valence-electron chi connectivity index (χ1n) is 11.0. The van der Waals surface area contributed by atoms with E-state index in [9.17, 15) is 9.59 Å². The minimum Gasteiger partial charge on any atom is -0.449 e. The van der Waals surface area contributed by atoms with E-state index in [1.165, 1.54) is 0 Å². The summed E-state index contributed by atoms with van der Waals surface area (Å²) in [6, 6.07) is 22.0. The lowest BCUT2D eigenvalue weighted by Crippen LogP contribution is -2.36. The van der Waals surface area contributed by atoms with Gasteiger partial charge in [-0.05, 0) is 60.0 Å². The van der Waals surface area contributed by atoms with Crippen LogP contribution in [0, 0.1) is 0 Å². The molecule has 3 aromatic carbocycles. The van der Waals surface area contributed by atoms with Gasteiger partial charge in [0.05, 0.1) is 12.2 Å². The minimum atomic E-state index is -0.231. The van der Waals surface area contributed by atoms with Crippen molar-refractivity contribution in [3.05, 3.63) is 100 Å². The fourth-order valence-corrected chi connectivity index (χ4v) is 3.68. The van der Waals surface area contributed by atoms with Crippen LogP contribution in [0.3, 0.4) is 0 Å². The van der Waals surface area contributed by atoms with Gasteiger partial charge >= 0.3 is 0 Å². The van der Waals surface area contributed by atoms with E-state index in [0.29, 0.717) is 35.1 Å². The molecule has 0 aromatic heterocycles. The Morgan fingerprint density at radius 3 is 2.48 bits per heavy atom. The molecule has 168 valence electrons. The number of anilines is 1. The number of fused-ring (bicyclic) bond motifs is 1. The SMILES string of the molecule is CCCCNC(=O)c1ccc(C=C2Oc3ccccc3N(Cc3ccc(Cl)cc3)C2=O)cc1. The van der Waals surface area contributed by atoms with Crippen molar-refractivity contribution in [2.45, 2.75) is 26.3 Å². The predicted octanol–water partition coefficient (Wildman–Crippen LogP) is 5.84. The van der Waals surface area contributed by atoms with Gasteiger partial charge in [-0.2, -0.15) is 0 Å². The van der Waals surface area contributed by atoms with E-state index in [-0.39, 0.29) is 17.6 Å². The molecule has 1 heterocycles. The molecule has 0 aliphatic carbocycles. The fraction of sp³-hybridized carbons (Fsp3) is 0.185. The maximum atomic E-state index is 13.3. The van der Waals surface area contributed by atoms with E-state index in [4.69, 9.17) is 16.3 Å². The first kappa shape index (κ1) is 22.6. The van der Waals surface area contributed by atoms with E-state index in [1.54, 1.807) is 23.1 Å². The first-order valence-corrected chi connectivity index (χ1v) is 11.4. The Hall–Kier alpha value is -3.57. The zero-order valence-corrected chi connectivity index (χ0v) is 19.1.